The Morgan fingerprint density at radius 1 is 1.39 bits per heavy atom. The Bertz CT molecular complexity index is 703. The summed E-state index contributed by atoms with van der Waals surface area (Å²) in [5.74, 6) is -0.930. The van der Waals surface area contributed by atoms with Crippen molar-refractivity contribution in [2.75, 3.05) is 12.4 Å². The first kappa shape index (κ1) is 15.6. The van der Waals surface area contributed by atoms with Crippen LogP contribution in [0.1, 0.15) is 24.4 Å². The van der Waals surface area contributed by atoms with E-state index in [1.165, 1.54) is 23.5 Å². The Balaban J connectivity index is 1.88. The Hall–Kier alpha value is -2.28. The predicted octanol–water partition coefficient (Wildman–Crippen LogP) is 2.83. The lowest BCUT2D eigenvalue weighted by Gasteiger charge is -2.38. The topological polar surface area (TPSA) is 62.3 Å². The van der Waals surface area contributed by atoms with Crippen LogP contribution >= 0.6 is 11.3 Å². The van der Waals surface area contributed by atoms with Gasteiger partial charge in [0.15, 0.2) is 5.13 Å². The number of amides is 2. The SMILES string of the molecule is CN1C(=O)CC[C@H](C(=O)Nc2nccs2)[C@H]1c1ccc(F)cc1. The number of piperidine rings is 1. The van der Waals surface area contributed by atoms with E-state index < -0.39 is 12.0 Å². The van der Waals surface area contributed by atoms with Gasteiger partial charge in [0, 0.05) is 25.0 Å². The molecule has 1 aromatic heterocycles. The number of nitrogens with zero attached hydrogens (tertiary/aromatic N) is 2. The third kappa shape index (κ3) is 3.24. The van der Waals surface area contributed by atoms with Gasteiger partial charge in [0.2, 0.25) is 11.8 Å². The molecule has 0 saturated carbocycles. The second-order valence-corrected chi connectivity index (χ2v) is 6.37. The summed E-state index contributed by atoms with van der Waals surface area (Å²) in [5.41, 5.74) is 0.751. The maximum absolute atomic E-state index is 13.2. The zero-order valence-corrected chi connectivity index (χ0v) is 13.3. The molecule has 2 atom stereocenters. The molecule has 0 spiro atoms. The van der Waals surface area contributed by atoms with Gasteiger partial charge in [-0.15, -0.1) is 11.3 Å². The first-order chi connectivity index (χ1) is 11.1. The van der Waals surface area contributed by atoms with E-state index in [4.69, 9.17) is 0 Å². The maximum Gasteiger partial charge on any atom is 0.231 e. The van der Waals surface area contributed by atoms with E-state index in [-0.39, 0.29) is 17.6 Å². The molecule has 5 nitrogen and oxygen atoms in total. The smallest absolute Gasteiger partial charge is 0.231 e. The van der Waals surface area contributed by atoms with Crippen molar-refractivity contribution in [3.05, 3.63) is 47.2 Å². The van der Waals surface area contributed by atoms with Gasteiger partial charge in [-0.3, -0.25) is 9.59 Å². The Labute approximate surface area is 137 Å². The van der Waals surface area contributed by atoms with Crippen LogP contribution < -0.4 is 5.32 Å². The van der Waals surface area contributed by atoms with Gasteiger partial charge in [0.05, 0.1) is 12.0 Å². The van der Waals surface area contributed by atoms with Gasteiger partial charge >= 0.3 is 0 Å². The number of aromatic nitrogens is 1. The molecule has 2 aromatic rings. The second-order valence-electron chi connectivity index (χ2n) is 5.47. The molecule has 1 saturated heterocycles. The summed E-state index contributed by atoms with van der Waals surface area (Å²) in [6, 6.07) is 5.53. The fraction of sp³-hybridized carbons (Fsp3) is 0.312. The highest BCUT2D eigenvalue weighted by molar-refractivity contribution is 7.13. The zero-order chi connectivity index (χ0) is 16.4. The minimum absolute atomic E-state index is 0.0161. The highest BCUT2D eigenvalue weighted by atomic mass is 32.1. The minimum Gasteiger partial charge on any atom is -0.338 e. The molecule has 2 amide bonds. The molecule has 2 heterocycles. The fourth-order valence-corrected chi connectivity index (χ4v) is 3.44. The number of carbonyl (C=O) groups is 2. The maximum atomic E-state index is 13.2. The molecule has 1 aliphatic rings. The number of halogens is 1. The van der Waals surface area contributed by atoms with Gasteiger partial charge in [-0.2, -0.15) is 0 Å². The Morgan fingerprint density at radius 3 is 2.78 bits per heavy atom. The van der Waals surface area contributed by atoms with Crippen molar-refractivity contribution in [2.24, 2.45) is 5.92 Å². The van der Waals surface area contributed by atoms with Crippen LogP contribution in [-0.2, 0) is 9.59 Å². The van der Waals surface area contributed by atoms with Crippen molar-refractivity contribution in [1.29, 1.82) is 0 Å². The molecule has 1 fully saturated rings. The van der Waals surface area contributed by atoms with Gasteiger partial charge in [-0.25, -0.2) is 9.37 Å². The lowest BCUT2D eigenvalue weighted by Crippen LogP contribution is -2.44. The number of hydrogen-bond acceptors (Lipinski definition) is 4. The van der Waals surface area contributed by atoms with E-state index >= 15 is 0 Å². The average Bonchev–Trinajstić information content (AvgIpc) is 3.04. The number of hydrogen-bond donors (Lipinski definition) is 1. The number of nitrogens with one attached hydrogen (secondary N) is 1. The van der Waals surface area contributed by atoms with Crippen LogP contribution in [-0.4, -0.2) is 28.7 Å². The molecule has 0 radical (unpaired) electrons. The standard InChI is InChI=1S/C16H16FN3O2S/c1-20-13(21)7-6-12(15(22)19-16-18-8-9-23-16)14(20)10-2-4-11(17)5-3-10/h2-5,8-9,12,14H,6-7H2,1H3,(H,18,19,22)/t12-,14+/m0/s1. The van der Waals surface area contributed by atoms with Crippen LogP contribution in [0.15, 0.2) is 35.8 Å². The van der Waals surface area contributed by atoms with Crippen LogP contribution in [0.2, 0.25) is 0 Å². The van der Waals surface area contributed by atoms with E-state index in [1.54, 1.807) is 35.7 Å². The molecule has 3 rings (SSSR count). The summed E-state index contributed by atoms with van der Waals surface area (Å²) in [6.07, 6.45) is 2.40. The number of likely N-dealkylation sites (tertiary alicyclic amines) is 1. The predicted molar refractivity (Wildman–Crippen MR) is 85.4 cm³/mol. The van der Waals surface area contributed by atoms with E-state index in [0.717, 1.165) is 5.56 Å². The lowest BCUT2D eigenvalue weighted by molar-refractivity contribution is -0.140. The summed E-state index contributed by atoms with van der Waals surface area (Å²) < 4.78 is 13.2. The van der Waals surface area contributed by atoms with E-state index in [9.17, 15) is 14.0 Å². The first-order valence-corrected chi connectivity index (χ1v) is 8.15. The highest BCUT2D eigenvalue weighted by Gasteiger charge is 2.39. The first-order valence-electron chi connectivity index (χ1n) is 7.28. The largest absolute Gasteiger partial charge is 0.338 e. The normalized spacial score (nSPS) is 21.3. The number of benzene rings is 1. The van der Waals surface area contributed by atoms with Crippen molar-refractivity contribution in [2.45, 2.75) is 18.9 Å². The van der Waals surface area contributed by atoms with Crippen LogP contribution in [0, 0.1) is 11.7 Å². The second kappa shape index (κ2) is 6.45. The van der Waals surface area contributed by atoms with Gasteiger partial charge in [0.25, 0.3) is 0 Å². The summed E-state index contributed by atoms with van der Waals surface area (Å²) >= 11 is 1.34. The monoisotopic (exact) mass is 333 g/mol. The summed E-state index contributed by atoms with van der Waals surface area (Å²) in [4.78, 5) is 30.3. The van der Waals surface area contributed by atoms with Crippen LogP contribution in [0.4, 0.5) is 9.52 Å². The third-order valence-corrected chi connectivity index (χ3v) is 4.76. The van der Waals surface area contributed by atoms with Crippen molar-refractivity contribution in [1.82, 2.24) is 9.88 Å². The Morgan fingerprint density at radius 2 is 2.13 bits per heavy atom. The Kier molecular flexibility index (Phi) is 4.38. The molecule has 0 unspecified atom stereocenters. The summed E-state index contributed by atoms with van der Waals surface area (Å²) in [5, 5.41) is 5.11. The van der Waals surface area contributed by atoms with Crippen LogP contribution in [0.5, 0.6) is 0 Å². The van der Waals surface area contributed by atoms with Crippen molar-refractivity contribution in [3.8, 4) is 0 Å². The molecule has 120 valence electrons. The minimum atomic E-state index is -0.406. The van der Waals surface area contributed by atoms with E-state index in [0.29, 0.717) is 18.0 Å². The number of anilines is 1. The van der Waals surface area contributed by atoms with Gasteiger partial charge < -0.3 is 10.2 Å². The molecule has 1 aliphatic heterocycles. The van der Waals surface area contributed by atoms with E-state index in [1.807, 2.05) is 0 Å². The zero-order valence-electron chi connectivity index (χ0n) is 12.5. The van der Waals surface area contributed by atoms with Crippen LogP contribution in [0.25, 0.3) is 0 Å². The quantitative estimate of drug-likeness (QED) is 0.939. The third-order valence-electron chi connectivity index (χ3n) is 4.07. The molecular formula is C16H16FN3O2S. The average molecular weight is 333 g/mol. The summed E-state index contributed by atoms with van der Waals surface area (Å²) in [7, 11) is 1.68. The van der Waals surface area contributed by atoms with Gasteiger partial charge in [0.1, 0.15) is 5.82 Å². The molecule has 23 heavy (non-hydrogen) atoms. The lowest BCUT2D eigenvalue weighted by atomic mass is 9.84. The van der Waals surface area contributed by atoms with Crippen molar-refractivity contribution >= 4 is 28.3 Å². The van der Waals surface area contributed by atoms with Crippen LogP contribution in [0.3, 0.4) is 0 Å². The number of thiazole rings is 1. The van der Waals surface area contributed by atoms with Crippen molar-refractivity contribution < 1.29 is 14.0 Å². The molecule has 1 N–H and O–H groups in total. The van der Waals surface area contributed by atoms with Gasteiger partial charge in [-0.1, -0.05) is 12.1 Å². The fourth-order valence-electron chi connectivity index (χ4n) is 2.91. The van der Waals surface area contributed by atoms with E-state index in [2.05, 4.69) is 10.3 Å². The molecular weight excluding hydrogens is 317 g/mol. The number of carbonyl (C=O) groups excluding carboxylic acids is 2. The molecule has 1 aromatic carbocycles. The molecule has 7 heteroatoms. The molecule has 0 aliphatic carbocycles. The highest BCUT2D eigenvalue weighted by Crippen LogP contribution is 2.36. The van der Waals surface area contributed by atoms with Crippen molar-refractivity contribution in [3.63, 3.8) is 0 Å². The number of rotatable bonds is 3. The summed E-state index contributed by atoms with van der Waals surface area (Å²) in [6.45, 7) is 0. The van der Waals surface area contributed by atoms with Gasteiger partial charge in [-0.05, 0) is 24.1 Å². The molecule has 0 bridgehead atoms.